The van der Waals surface area contributed by atoms with Gasteiger partial charge in [0.25, 0.3) is 0 Å². The minimum Gasteiger partial charge on any atom is -0.346 e. The maximum absolute atomic E-state index is 5.76. The summed E-state index contributed by atoms with van der Waals surface area (Å²) in [6.45, 7) is 0. The fourth-order valence-electron chi connectivity index (χ4n) is 2.00. The van der Waals surface area contributed by atoms with Crippen LogP contribution in [-0.4, -0.2) is 19.3 Å². The van der Waals surface area contributed by atoms with Gasteiger partial charge < -0.3 is 9.07 Å². The summed E-state index contributed by atoms with van der Waals surface area (Å²) in [5.41, 5.74) is 0. The van der Waals surface area contributed by atoms with E-state index in [0.717, 1.165) is 5.92 Å². The monoisotopic (exact) mass is 184 g/mol. The molecule has 0 aliphatic heterocycles. The average Bonchev–Trinajstić information content (AvgIpc) is 2.07. The molecule has 0 bridgehead atoms. The van der Waals surface area contributed by atoms with Gasteiger partial charge in [-0.25, -0.2) is 0 Å². The van der Waals surface area contributed by atoms with Crippen LogP contribution in [0, 0.1) is 5.92 Å². The van der Waals surface area contributed by atoms with Crippen LogP contribution in [0.4, 0.5) is 0 Å². The zero-order valence-corrected chi connectivity index (χ0v) is 9.49. The zero-order chi connectivity index (χ0) is 7.94. The highest BCUT2D eigenvalue weighted by atomic mass is 35.5. The Bertz CT molecular complexity index is 89.6. The summed E-state index contributed by atoms with van der Waals surface area (Å²) in [5.74, 6) is 1.07. The van der Waals surface area contributed by atoms with Gasteiger partial charge in [0.15, 0.2) is 0 Å². The standard InChI is InChI=1S/C9H17.ClH.Mg/c1-2-6-9-7-4-3-5-8-9;;/h9H,1-8H2;1H;/q;;+1/p-1. The minimum atomic E-state index is -0.160. The molecule has 0 saturated heterocycles. The summed E-state index contributed by atoms with van der Waals surface area (Å²) in [6, 6.07) is 0. The van der Waals surface area contributed by atoms with Crippen molar-refractivity contribution >= 4 is 28.3 Å². The molecule has 1 aliphatic rings. The molecule has 62 valence electrons. The van der Waals surface area contributed by atoms with Crippen molar-refractivity contribution in [2.45, 2.75) is 49.5 Å². The second-order valence-corrected chi connectivity index (χ2v) is 5.91. The predicted octanol–water partition coefficient (Wildman–Crippen LogP) is 3.62. The van der Waals surface area contributed by atoms with Crippen LogP contribution >= 0.6 is 9.07 Å². The lowest BCUT2D eigenvalue weighted by Gasteiger charge is -2.20. The van der Waals surface area contributed by atoms with Gasteiger partial charge >= 0.3 is 19.3 Å². The molecule has 0 atom stereocenters. The molecule has 0 aromatic carbocycles. The molecule has 0 heterocycles. The van der Waals surface area contributed by atoms with Crippen LogP contribution in [0.15, 0.2) is 0 Å². The average molecular weight is 185 g/mol. The lowest BCUT2D eigenvalue weighted by atomic mass is 9.86. The van der Waals surface area contributed by atoms with Crippen LogP contribution in [0.3, 0.4) is 0 Å². The Morgan fingerprint density at radius 2 is 1.91 bits per heavy atom. The van der Waals surface area contributed by atoms with Crippen molar-refractivity contribution in [3.8, 4) is 0 Å². The van der Waals surface area contributed by atoms with Gasteiger partial charge in [0.2, 0.25) is 0 Å². The Morgan fingerprint density at radius 3 is 2.55 bits per heavy atom. The van der Waals surface area contributed by atoms with Crippen molar-refractivity contribution in [3.63, 3.8) is 0 Å². The molecule has 0 radical (unpaired) electrons. The second kappa shape index (κ2) is 6.56. The molecule has 1 saturated carbocycles. The molecule has 0 amide bonds. The Balaban J connectivity index is 1.96. The lowest BCUT2D eigenvalue weighted by molar-refractivity contribution is 0.336. The molecule has 0 unspecified atom stereocenters. The van der Waals surface area contributed by atoms with Crippen molar-refractivity contribution in [1.29, 1.82) is 0 Å². The van der Waals surface area contributed by atoms with E-state index < -0.39 is 0 Å². The van der Waals surface area contributed by atoms with Crippen LogP contribution in [0.2, 0.25) is 4.55 Å². The third-order valence-corrected chi connectivity index (χ3v) is 4.29. The van der Waals surface area contributed by atoms with Gasteiger partial charge in [-0.3, -0.25) is 0 Å². The summed E-state index contributed by atoms with van der Waals surface area (Å²) in [7, 11) is 5.76. The Morgan fingerprint density at radius 1 is 1.18 bits per heavy atom. The van der Waals surface area contributed by atoms with E-state index in [-0.39, 0.29) is 19.3 Å². The third-order valence-electron chi connectivity index (χ3n) is 2.72. The largest absolute Gasteiger partial charge is 0.501 e. The highest BCUT2D eigenvalue weighted by Crippen LogP contribution is 2.27. The van der Waals surface area contributed by atoms with Crippen LogP contribution < -0.4 is 0 Å². The van der Waals surface area contributed by atoms with Crippen molar-refractivity contribution in [1.82, 2.24) is 0 Å². The van der Waals surface area contributed by atoms with E-state index in [1.54, 1.807) is 0 Å². The number of hydrogen-bond donors (Lipinski definition) is 0. The molecule has 0 aromatic heterocycles. The fraction of sp³-hybridized carbons (Fsp3) is 1.00. The molecule has 0 nitrogen and oxygen atoms in total. The lowest BCUT2D eigenvalue weighted by Crippen LogP contribution is -2.05. The molecule has 2 heteroatoms. The van der Waals surface area contributed by atoms with Gasteiger partial charge in [0.1, 0.15) is 0 Å². The molecule has 1 fully saturated rings. The number of halogens is 1. The highest BCUT2D eigenvalue weighted by Gasteiger charge is 2.12. The molecule has 0 N–H and O–H groups in total. The van der Waals surface area contributed by atoms with Crippen molar-refractivity contribution in [2.75, 3.05) is 0 Å². The zero-order valence-electron chi connectivity index (χ0n) is 7.32. The van der Waals surface area contributed by atoms with Gasteiger partial charge in [-0.2, -0.15) is 0 Å². The summed E-state index contributed by atoms with van der Waals surface area (Å²) in [5, 5.41) is 0. The van der Waals surface area contributed by atoms with Gasteiger partial charge in [-0.15, -0.1) is 4.55 Å². The van der Waals surface area contributed by atoms with Gasteiger partial charge in [0, 0.05) is 0 Å². The topological polar surface area (TPSA) is 0 Å². The maximum Gasteiger partial charge on any atom is 0.501 e. The smallest absolute Gasteiger partial charge is 0.346 e. The SMILES string of the molecule is [Cl][Mg][CH2]CCC1CCCCC1. The maximum atomic E-state index is 5.76. The fourth-order valence-corrected chi connectivity index (χ4v) is 3.05. The van der Waals surface area contributed by atoms with E-state index in [1.165, 1.54) is 49.5 Å². The first-order chi connectivity index (χ1) is 5.43. The molecule has 11 heavy (non-hydrogen) atoms. The Hall–Kier alpha value is 1.06. The number of rotatable bonds is 4. The quantitative estimate of drug-likeness (QED) is 0.463. The molecular formula is C9H17ClMg. The van der Waals surface area contributed by atoms with E-state index in [2.05, 4.69) is 0 Å². The predicted molar refractivity (Wildman–Crippen MR) is 52.2 cm³/mol. The van der Waals surface area contributed by atoms with Gasteiger partial charge in [-0.05, 0) is 5.92 Å². The first-order valence-electron chi connectivity index (χ1n) is 4.99. The third kappa shape index (κ3) is 4.59. The highest BCUT2D eigenvalue weighted by molar-refractivity contribution is 6.93. The van der Waals surface area contributed by atoms with Crippen LogP contribution in [0.25, 0.3) is 0 Å². The summed E-state index contributed by atoms with van der Waals surface area (Å²) >= 11 is -0.160. The minimum absolute atomic E-state index is 0.160. The van der Waals surface area contributed by atoms with Gasteiger partial charge in [0.05, 0.1) is 0 Å². The molecule has 1 aliphatic carbocycles. The van der Waals surface area contributed by atoms with Crippen molar-refractivity contribution < 1.29 is 0 Å². The molecule has 0 spiro atoms. The van der Waals surface area contributed by atoms with E-state index in [9.17, 15) is 0 Å². The van der Waals surface area contributed by atoms with Crippen LogP contribution in [0.1, 0.15) is 44.9 Å². The van der Waals surface area contributed by atoms with E-state index >= 15 is 0 Å². The van der Waals surface area contributed by atoms with Crippen molar-refractivity contribution in [2.24, 2.45) is 5.92 Å². The molecule has 0 aromatic rings. The Labute approximate surface area is 83.6 Å². The van der Waals surface area contributed by atoms with E-state index in [1.807, 2.05) is 0 Å². The van der Waals surface area contributed by atoms with E-state index in [0.29, 0.717) is 0 Å². The number of hydrogen-bond acceptors (Lipinski definition) is 0. The normalized spacial score (nSPS) is 19.7. The van der Waals surface area contributed by atoms with Crippen LogP contribution in [-0.2, 0) is 0 Å². The van der Waals surface area contributed by atoms with E-state index in [4.69, 9.17) is 9.07 Å². The molecular weight excluding hydrogens is 168 g/mol. The van der Waals surface area contributed by atoms with Crippen LogP contribution in [0.5, 0.6) is 0 Å². The first-order valence-corrected chi connectivity index (χ1v) is 8.13. The molecule has 1 rings (SSSR count). The summed E-state index contributed by atoms with van der Waals surface area (Å²) in [6.07, 6.45) is 10.4. The summed E-state index contributed by atoms with van der Waals surface area (Å²) < 4.78 is 1.36. The Kier molecular flexibility index (Phi) is 6.05. The van der Waals surface area contributed by atoms with Crippen molar-refractivity contribution in [3.05, 3.63) is 0 Å². The second-order valence-electron chi connectivity index (χ2n) is 3.69. The first kappa shape index (κ1) is 10.1. The summed E-state index contributed by atoms with van der Waals surface area (Å²) in [4.78, 5) is 0. The van der Waals surface area contributed by atoms with Gasteiger partial charge in [-0.1, -0.05) is 44.9 Å².